The molecule has 0 saturated heterocycles. The average Bonchev–Trinajstić information content (AvgIpc) is 3.21. The van der Waals surface area contributed by atoms with E-state index in [4.69, 9.17) is 14.2 Å². The van der Waals surface area contributed by atoms with E-state index in [0.717, 1.165) is 23.2 Å². The SMILES string of the molecule is COc1cc([C@H]2Nc3ccc([N+](=O)[O-])cc3[C@H]3C=CC[C@@H]32)cc(OC)c1OC. The molecule has 0 saturated carbocycles. The highest BCUT2D eigenvalue weighted by atomic mass is 16.6. The highest BCUT2D eigenvalue weighted by Gasteiger charge is 2.39. The quantitative estimate of drug-likeness (QED) is 0.467. The Kier molecular flexibility index (Phi) is 4.58. The first-order valence-electron chi connectivity index (χ1n) is 9.08. The summed E-state index contributed by atoms with van der Waals surface area (Å²) in [6, 6.07) is 8.96. The Morgan fingerprint density at radius 1 is 1.07 bits per heavy atom. The predicted molar refractivity (Wildman–Crippen MR) is 106 cm³/mol. The summed E-state index contributed by atoms with van der Waals surface area (Å²) in [5.74, 6) is 2.14. The van der Waals surface area contributed by atoms with Crippen molar-refractivity contribution in [3.63, 3.8) is 0 Å². The van der Waals surface area contributed by atoms with Gasteiger partial charge in [0, 0.05) is 23.7 Å². The minimum Gasteiger partial charge on any atom is -0.493 e. The summed E-state index contributed by atoms with van der Waals surface area (Å²) in [5, 5.41) is 14.8. The molecule has 0 amide bonds. The largest absolute Gasteiger partial charge is 0.493 e. The zero-order chi connectivity index (χ0) is 19.8. The molecule has 1 aliphatic carbocycles. The topological polar surface area (TPSA) is 82.9 Å². The van der Waals surface area contributed by atoms with Crippen LogP contribution in [0.25, 0.3) is 0 Å². The van der Waals surface area contributed by atoms with E-state index in [1.54, 1.807) is 33.5 Å². The fraction of sp³-hybridized carbons (Fsp3) is 0.333. The molecule has 146 valence electrons. The minimum atomic E-state index is -0.348. The first-order chi connectivity index (χ1) is 13.6. The number of hydrogen-bond donors (Lipinski definition) is 1. The van der Waals surface area contributed by atoms with Gasteiger partial charge in [-0.25, -0.2) is 0 Å². The second-order valence-corrected chi connectivity index (χ2v) is 6.96. The third kappa shape index (κ3) is 2.83. The normalized spacial score (nSPS) is 22.0. The Hall–Kier alpha value is -3.22. The molecule has 0 unspecified atom stereocenters. The summed E-state index contributed by atoms with van der Waals surface area (Å²) in [6.07, 6.45) is 5.19. The number of benzene rings is 2. The Balaban J connectivity index is 1.79. The van der Waals surface area contributed by atoms with Gasteiger partial charge in [0.1, 0.15) is 0 Å². The number of nitrogens with zero attached hydrogens (tertiary/aromatic N) is 1. The van der Waals surface area contributed by atoms with Gasteiger partial charge in [0.15, 0.2) is 11.5 Å². The van der Waals surface area contributed by atoms with Crippen LogP contribution in [-0.2, 0) is 0 Å². The minimum absolute atomic E-state index is 0.0164. The van der Waals surface area contributed by atoms with Crippen LogP contribution >= 0.6 is 0 Å². The average molecular weight is 382 g/mol. The van der Waals surface area contributed by atoms with Gasteiger partial charge in [-0.2, -0.15) is 0 Å². The molecule has 2 aromatic rings. The van der Waals surface area contributed by atoms with Crippen molar-refractivity contribution in [2.75, 3.05) is 26.6 Å². The first kappa shape index (κ1) is 18.2. The lowest BCUT2D eigenvalue weighted by Crippen LogP contribution is -2.29. The van der Waals surface area contributed by atoms with Crippen LogP contribution < -0.4 is 19.5 Å². The van der Waals surface area contributed by atoms with Crippen molar-refractivity contribution in [2.45, 2.75) is 18.4 Å². The van der Waals surface area contributed by atoms with Gasteiger partial charge in [-0.05, 0) is 41.7 Å². The first-order valence-corrected chi connectivity index (χ1v) is 9.08. The monoisotopic (exact) mass is 382 g/mol. The van der Waals surface area contributed by atoms with Crippen LogP contribution in [0.4, 0.5) is 11.4 Å². The molecule has 0 bridgehead atoms. The standard InChI is InChI=1S/C21H22N2O5/c1-26-18-9-12(10-19(27-2)21(18)28-3)20-15-6-4-5-14(15)16-11-13(23(24)25)7-8-17(16)22-20/h4-5,7-11,14-15,20,22H,6H2,1-3H3/t14-,15-,20+/m0/s1. The van der Waals surface area contributed by atoms with Crippen molar-refractivity contribution in [2.24, 2.45) is 5.92 Å². The second kappa shape index (κ2) is 7.07. The molecule has 7 nitrogen and oxygen atoms in total. The Bertz CT molecular complexity index is 931. The number of allylic oxidation sites excluding steroid dienone is 2. The van der Waals surface area contributed by atoms with Crippen LogP contribution in [0.3, 0.4) is 0 Å². The molecule has 0 fully saturated rings. The Labute approximate surface area is 163 Å². The lowest BCUT2D eigenvalue weighted by Gasteiger charge is -2.37. The maximum absolute atomic E-state index is 11.2. The van der Waals surface area contributed by atoms with Gasteiger partial charge in [-0.3, -0.25) is 10.1 Å². The number of nitro benzene ring substituents is 1. The predicted octanol–water partition coefficient (Wildman–Crippen LogP) is 4.45. The fourth-order valence-corrected chi connectivity index (χ4v) is 4.31. The van der Waals surface area contributed by atoms with Crippen molar-refractivity contribution in [1.82, 2.24) is 0 Å². The van der Waals surface area contributed by atoms with Crippen LogP contribution in [0, 0.1) is 16.0 Å². The molecule has 3 atom stereocenters. The summed E-state index contributed by atoms with van der Waals surface area (Å²) in [4.78, 5) is 10.8. The van der Waals surface area contributed by atoms with E-state index < -0.39 is 0 Å². The summed E-state index contributed by atoms with van der Waals surface area (Å²) in [5.41, 5.74) is 3.02. The molecule has 0 aromatic heterocycles. The van der Waals surface area contributed by atoms with Gasteiger partial charge in [0.2, 0.25) is 5.75 Å². The molecule has 0 radical (unpaired) electrons. The third-order valence-corrected chi connectivity index (χ3v) is 5.60. The molecule has 1 N–H and O–H groups in total. The molecule has 2 aliphatic rings. The van der Waals surface area contributed by atoms with Crippen molar-refractivity contribution in [3.05, 3.63) is 63.7 Å². The fourth-order valence-electron chi connectivity index (χ4n) is 4.31. The highest BCUT2D eigenvalue weighted by Crippen LogP contribution is 2.52. The maximum atomic E-state index is 11.2. The molecule has 2 aromatic carbocycles. The van der Waals surface area contributed by atoms with Gasteiger partial charge in [-0.1, -0.05) is 12.2 Å². The molecule has 1 aliphatic heterocycles. The molecule has 1 heterocycles. The third-order valence-electron chi connectivity index (χ3n) is 5.60. The van der Waals surface area contributed by atoms with E-state index >= 15 is 0 Å². The number of nitrogens with one attached hydrogen (secondary N) is 1. The van der Waals surface area contributed by atoms with Crippen molar-refractivity contribution in [1.29, 1.82) is 0 Å². The van der Waals surface area contributed by atoms with Crippen molar-refractivity contribution >= 4 is 11.4 Å². The van der Waals surface area contributed by atoms with Crippen LogP contribution in [0.15, 0.2) is 42.5 Å². The van der Waals surface area contributed by atoms with Gasteiger partial charge in [-0.15, -0.1) is 0 Å². The Morgan fingerprint density at radius 3 is 2.39 bits per heavy atom. The van der Waals surface area contributed by atoms with E-state index in [2.05, 4.69) is 17.5 Å². The smallest absolute Gasteiger partial charge is 0.269 e. The summed E-state index contributed by atoms with van der Waals surface area (Å²) in [6.45, 7) is 0. The maximum Gasteiger partial charge on any atom is 0.269 e. The number of fused-ring (bicyclic) bond motifs is 3. The number of rotatable bonds is 5. The number of methoxy groups -OCH3 is 3. The zero-order valence-corrected chi connectivity index (χ0v) is 16.0. The van der Waals surface area contributed by atoms with Gasteiger partial charge in [0.25, 0.3) is 5.69 Å². The van der Waals surface area contributed by atoms with Crippen LogP contribution in [0.5, 0.6) is 17.2 Å². The van der Waals surface area contributed by atoms with Crippen molar-refractivity contribution < 1.29 is 19.1 Å². The number of hydrogen-bond acceptors (Lipinski definition) is 6. The van der Waals surface area contributed by atoms with Gasteiger partial charge < -0.3 is 19.5 Å². The zero-order valence-electron chi connectivity index (χ0n) is 16.0. The summed E-state index contributed by atoms with van der Waals surface area (Å²) >= 11 is 0. The van der Waals surface area contributed by atoms with E-state index in [-0.39, 0.29) is 28.5 Å². The lowest BCUT2D eigenvalue weighted by molar-refractivity contribution is -0.384. The number of anilines is 1. The molecule has 28 heavy (non-hydrogen) atoms. The lowest BCUT2D eigenvalue weighted by atomic mass is 9.77. The number of nitro groups is 1. The van der Waals surface area contributed by atoms with E-state index in [1.807, 2.05) is 12.1 Å². The summed E-state index contributed by atoms with van der Waals surface area (Å²) in [7, 11) is 4.78. The van der Waals surface area contributed by atoms with E-state index in [9.17, 15) is 10.1 Å². The molecule has 0 spiro atoms. The van der Waals surface area contributed by atoms with E-state index in [0.29, 0.717) is 17.2 Å². The van der Waals surface area contributed by atoms with Gasteiger partial charge in [0.05, 0.1) is 32.3 Å². The highest BCUT2D eigenvalue weighted by molar-refractivity contribution is 5.64. The summed E-state index contributed by atoms with van der Waals surface area (Å²) < 4.78 is 16.5. The van der Waals surface area contributed by atoms with Crippen LogP contribution in [0.2, 0.25) is 0 Å². The Morgan fingerprint density at radius 2 is 1.79 bits per heavy atom. The molecular formula is C21H22N2O5. The van der Waals surface area contributed by atoms with Gasteiger partial charge >= 0.3 is 0 Å². The molecule has 4 rings (SSSR count). The number of non-ortho nitro benzene ring substituents is 1. The van der Waals surface area contributed by atoms with Crippen LogP contribution in [0.1, 0.15) is 29.5 Å². The second-order valence-electron chi connectivity index (χ2n) is 6.96. The molecular weight excluding hydrogens is 360 g/mol. The van der Waals surface area contributed by atoms with E-state index in [1.165, 1.54) is 6.07 Å². The van der Waals surface area contributed by atoms with Crippen molar-refractivity contribution in [3.8, 4) is 17.2 Å². The number of ether oxygens (including phenoxy) is 3. The molecule has 7 heteroatoms. The van der Waals surface area contributed by atoms with Crippen LogP contribution in [-0.4, -0.2) is 26.3 Å².